The van der Waals surface area contributed by atoms with Gasteiger partial charge in [-0.05, 0) is 24.0 Å². The molecule has 1 fully saturated rings. The fourth-order valence-electron chi connectivity index (χ4n) is 3.57. The molecule has 2 atom stereocenters. The van der Waals surface area contributed by atoms with E-state index in [1.54, 1.807) is 0 Å². The molecule has 4 heteroatoms. The molecule has 1 saturated heterocycles. The number of ether oxygens (including phenoxy) is 1. The number of carbonyl (C=O) groups is 1. The molecule has 1 aliphatic rings. The van der Waals surface area contributed by atoms with Gasteiger partial charge in [-0.3, -0.25) is 4.79 Å². The molecule has 1 amide bonds. The number of hydrogen-bond acceptors (Lipinski definition) is 3. The van der Waals surface area contributed by atoms with Crippen LogP contribution in [0.4, 0.5) is 0 Å². The number of likely N-dealkylation sites (tertiary alicyclic amines) is 1. The molecule has 2 aromatic rings. The summed E-state index contributed by atoms with van der Waals surface area (Å²) in [6.07, 6.45) is 4.02. The molecule has 0 spiro atoms. The van der Waals surface area contributed by atoms with Crippen molar-refractivity contribution in [2.24, 2.45) is 5.92 Å². The van der Waals surface area contributed by atoms with Crippen molar-refractivity contribution >= 4 is 5.91 Å². The lowest BCUT2D eigenvalue weighted by atomic mass is 9.98. The van der Waals surface area contributed by atoms with E-state index >= 15 is 0 Å². The van der Waals surface area contributed by atoms with Crippen molar-refractivity contribution in [3.8, 4) is 0 Å². The van der Waals surface area contributed by atoms with Gasteiger partial charge in [-0.2, -0.15) is 0 Å². The molecule has 1 heterocycles. The minimum atomic E-state index is -0.327. The lowest BCUT2D eigenvalue weighted by Gasteiger charge is -2.29. The second kappa shape index (κ2) is 10.8. The largest absolute Gasteiger partial charge is 0.376 e. The van der Waals surface area contributed by atoms with E-state index in [-0.39, 0.29) is 17.9 Å². The first-order valence-corrected chi connectivity index (χ1v) is 10.1. The zero-order valence-corrected chi connectivity index (χ0v) is 16.4. The van der Waals surface area contributed by atoms with Crippen LogP contribution in [0.5, 0.6) is 0 Å². The second-order valence-electron chi connectivity index (χ2n) is 7.28. The van der Waals surface area contributed by atoms with Gasteiger partial charge >= 0.3 is 0 Å². The van der Waals surface area contributed by atoms with Crippen LogP contribution in [0, 0.1) is 5.92 Å². The summed E-state index contributed by atoms with van der Waals surface area (Å²) in [7, 11) is 0. The highest BCUT2D eigenvalue weighted by Gasteiger charge is 2.31. The van der Waals surface area contributed by atoms with Crippen LogP contribution in [-0.4, -0.2) is 36.5 Å². The summed E-state index contributed by atoms with van der Waals surface area (Å²) in [6.45, 7) is 7.32. The van der Waals surface area contributed by atoms with Crippen LogP contribution in [0.3, 0.4) is 0 Å². The van der Waals surface area contributed by atoms with E-state index < -0.39 is 0 Å². The molecular weight excluding hydrogens is 348 g/mol. The van der Waals surface area contributed by atoms with Gasteiger partial charge in [-0.1, -0.05) is 66.7 Å². The Hall–Kier alpha value is -2.43. The van der Waals surface area contributed by atoms with E-state index in [4.69, 9.17) is 4.74 Å². The maximum absolute atomic E-state index is 13.2. The molecule has 0 radical (unpaired) electrons. The number of carbonyl (C=O) groups excluding carboxylic acids is 1. The summed E-state index contributed by atoms with van der Waals surface area (Å²) in [5.74, 6) is 0.0715. The van der Waals surface area contributed by atoms with Gasteiger partial charge in [0.15, 0.2) is 0 Å². The van der Waals surface area contributed by atoms with Crippen molar-refractivity contribution in [3.05, 3.63) is 84.4 Å². The Labute approximate surface area is 168 Å². The van der Waals surface area contributed by atoms with Gasteiger partial charge in [-0.25, -0.2) is 0 Å². The molecule has 0 saturated carbocycles. The summed E-state index contributed by atoms with van der Waals surface area (Å²) < 4.78 is 5.94. The fourth-order valence-corrected chi connectivity index (χ4v) is 3.57. The fraction of sp³-hybridized carbons (Fsp3) is 0.375. The van der Waals surface area contributed by atoms with Gasteiger partial charge < -0.3 is 15.0 Å². The normalized spacial score (nSPS) is 15.9. The molecule has 4 nitrogen and oxygen atoms in total. The van der Waals surface area contributed by atoms with Gasteiger partial charge in [0.2, 0.25) is 5.91 Å². The predicted molar refractivity (Wildman–Crippen MR) is 113 cm³/mol. The highest BCUT2D eigenvalue weighted by atomic mass is 16.5. The lowest BCUT2D eigenvalue weighted by Crippen LogP contribution is -2.50. The molecule has 2 aromatic carbocycles. The third-order valence-electron chi connectivity index (χ3n) is 5.21. The first-order valence-electron chi connectivity index (χ1n) is 10.1. The average molecular weight is 379 g/mol. The number of rotatable bonds is 10. The van der Waals surface area contributed by atoms with Gasteiger partial charge in [0.25, 0.3) is 0 Å². The van der Waals surface area contributed by atoms with Crippen molar-refractivity contribution in [3.63, 3.8) is 0 Å². The lowest BCUT2D eigenvalue weighted by molar-refractivity contribution is -0.134. The van der Waals surface area contributed by atoms with Gasteiger partial charge in [0.05, 0.1) is 19.3 Å². The molecule has 3 rings (SSSR count). The summed E-state index contributed by atoms with van der Waals surface area (Å²) >= 11 is 0. The second-order valence-corrected chi connectivity index (χ2v) is 7.28. The highest BCUT2D eigenvalue weighted by Crippen LogP contribution is 2.16. The standard InChI is InChI=1S/C24H30N2O2/c1-2-22(19-28-18-21-13-7-4-8-14-21)23(24(27)26-15-9-10-16-26)25-17-20-11-5-3-6-12-20/h2-8,11-14,22-23,25H,1,9-10,15-19H2/t22-,23+/m0/s1. The molecule has 0 aromatic heterocycles. The average Bonchev–Trinajstić information content (AvgIpc) is 3.29. The van der Waals surface area contributed by atoms with Crippen LogP contribution in [0.2, 0.25) is 0 Å². The van der Waals surface area contributed by atoms with Gasteiger partial charge in [0.1, 0.15) is 0 Å². The van der Waals surface area contributed by atoms with Crippen LogP contribution >= 0.6 is 0 Å². The van der Waals surface area contributed by atoms with Crippen molar-refractivity contribution in [1.29, 1.82) is 0 Å². The van der Waals surface area contributed by atoms with E-state index in [9.17, 15) is 4.79 Å². The summed E-state index contributed by atoms with van der Waals surface area (Å²) in [4.78, 5) is 15.1. The Balaban J connectivity index is 1.63. The van der Waals surface area contributed by atoms with E-state index in [1.165, 1.54) is 0 Å². The minimum absolute atomic E-state index is 0.0828. The van der Waals surface area contributed by atoms with Gasteiger partial charge in [-0.15, -0.1) is 6.58 Å². The summed E-state index contributed by atoms with van der Waals surface area (Å²) in [5, 5.41) is 3.47. The Kier molecular flexibility index (Phi) is 7.82. The first-order chi connectivity index (χ1) is 13.8. The Morgan fingerprint density at radius 1 is 1.04 bits per heavy atom. The maximum atomic E-state index is 13.2. The maximum Gasteiger partial charge on any atom is 0.240 e. The van der Waals surface area contributed by atoms with E-state index in [0.717, 1.165) is 37.1 Å². The minimum Gasteiger partial charge on any atom is -0.376 e. The third-order valence-corrected chi connectivity index (χ3v) is 5.21. The Bertz CT molecular complexity index is 727. The monoisotopic (exact) mass is 378 g/mol. The number of hydrogen-bond donors (Lipinski definition) is 1. The number of benzene rings is 2. The van der Waals surface area contributed by atoms with Crippen LogP contribution in [0.25, 0.3) is 0 Å². The number of amides is 1. The van der Waals surface area contributed by atoms with Crippen molar-refractivity contribution in [2.45, 2.75) is 32.0 Å². The summed E-state index contributed by atoms with van der Waals surface area (Å²) in [6, 6.07) is 19.9. The third kappa shape index (κ3) is 5.78. The van der Waals surface area contributed by atoms with Crippen LogP contribution in [0.15, 0.2) is 73.3 Å². The quantitative estimate of drug-likeness (QED) is 0.640. The van der Waals surface area contributed by atoms with Crippen molar-refractivity contribution in [2.75, 3.05) is 19.7 Å². The van der Waals surface area contributed by atoms with Crippen LogP contribution in [-0.2, 0) is 22.7 Å². The van der Waals surface area contributed by atoms with Crippen molar-refractivity contribution in [1.82, 2.24) is 10.2 Å². The molecule has 28 heavy (non-hydrogen) atoms. The summed E-state index contributed by atoms with van der Waals surface area (Å²) in [5.41, 5.74) is 2.29. The Morgan fingerprint density at radius 2 is 1.64 bits per heavy atom. The number of nitrogens with one attached hydrogen (secondary N) is 1. The molecule has 0 unspecified atom stereocenters. The smallest absolute Gasteiger partial charge is 0.240 e. The van der Waals surface area contributed by atoms with E-state index in [2.05, 4.69) is 24.0 Å². The van der Waals surface area contributed by atoms with Gasteiger partial charge in [0, 0.05) is 25.6 Å². The van der Waals surface area contributed by atoms with Crippen LogP contribution < -0.4 is 5.32 Å². The molecule has 0 bridgehead atoms. The first kappa shape index (κ1) is 20.3. The number of nitrogens with zero attached hydrogens (tertiary/aromatic N) is 1. The van der Waals surface area contributed by atoms with Crippen molar-refractivity contribution < 1.29 is 9.53 Å². The zero-order chi connectivity index (χ0) is 19.6. The molecular formula is C24H30N2O2. The Morgan fingerprint density at radius 3 is 2.25 bits per heavy atom. The molecule has 1 N–H and O–H groups in total. The van der Waals surface area contributed by atoms with E-state index in [0.29, 0.717) is 19.8 Å². The van der Waals surface area contributed by atoms with Crippen LogP contribution in [0.1, 0.15) is 24.0 Å². The zero-order valence-electron chi connectivity index (χ0n) is 16.4. The molecule has 1 aliphatic heterocycles. The molecule has 0 aliphatic carbocycles. The molecule has 148 valence electrons. The predicted octanol–water partition coefficient (Wildman–Crippen LogP) is 3.79. The SMILES string of the molecule is C=C[C@@H](COCc1ccccc1)[C@@H](NCc1ccccc1)C(=O)N1CCCC1. The highest BCUT2D eigenvalue weighted by molar-refractivity contribution is 5.82. The van der Waals surface area contributed by atoms with E-state index in [1.807, 2.05) is 59.5 Å². The topological polar surface area (TPSA) is 41.6 Å².